The zero-order valence-corrected chi connectivity index (χ0v) is 21.6. The van der Waals surface area contributed by atoms with Gasteiger partial charge in [0.05, 0.1) is 29.4 Å². The van der Waals surface area contributed by atoms with Gasteiger partial charge in [0.15, 0.2) is 0 Å². The Bertz CT molecular complexity index is 1160. The summed E-state index contributed by atoms with van der Waals surface area (Å²) in [4.78, 5) is 13.2. The third-order valence-corrected chi connectivity index (χ3v) is 9.47. The van der Waals surface area contributed by atoms with Crippen molar-refractivity contribution in [3.63, 3.8) is 0 Å². The molecule has 1 unspecified atom stereocenters. The first-order valence-electron chi connectivity index (χ1n) is 11.1. The predicted molar refractivity (Wildman–Crippen MR) is 131 cm³/mol. The third-order valence-electron chi connectivity index (χ3n) is 6.32. The summed E-state index contributed by atoms with van der Waals surface area (Å²) in [6, 6.07) is 4.82. The van der Waals surface area contributed by atoms with Crippen molar-refractivity contribution in [2.45, 2.75) is 43.5 Å². The van der Waals surface area contributed by atoms with E-state index in [0.29, 0.717) is 50.7 Å². The first-order chi connectivity index (χ1) is 15.8. The molecule has 180 valence electrons. The standard InChI is InChI=1S/C22H28BrClN4O4S/c1-15-11-18(4-5-19(15)23)33(30,31)27-8-6-17(7-9-27)28-22(29)21(24)20(13-26-28)25-12-16-3-2-10-32-14-16/h4-5,11,13,16-17,25H,2-3,6-10,12,14H2,1H3. The van der Waals surface area contributed by atoms with Crippen LogP contribution >= 0.6 is 27.5 Å². The lowest BCUT2D eigenvalue weighted by molar-refractivity contribution is 0.0595. The maximum atomic E-state index is 13.1. The monoisotopic (exact) mass is 558 g/mol. The molecule has 2 saturated heterocycles. The van der Waals surface area contributed by atoms with E-state index in [2.05, 4.69) is 26.3 Å². The molecule has 2 aliphatic heterocycles. The lowest BCUT2D eigenvalue weighted by atomic mass is 10.0. The summed E-state index contributed by atoms with van der Waals surface area (Å²) in [5, 5.41) is 7.69. The van der Waals surface area contributed by atoms with E-state index in [1.54, 1.807) is 24.4 Å². The van der Waals surface area contributed by atoms with E-state index in [0.717, 1.165) is 29.5 Å². The fourth-order valence-electron chi connectivity index (χ4n) is 4.30. The minimum absolute atomic E-state index is 0.113. The Morgan fingerprint density at radius 3 is 2.70 bits per heavy atom. The summed E-state index contributed by atoms with van der Waals surface area (Å²) in [6.45, 7) is 4.68. The van der Waals surface area contributed by atoms with Gasteiger partial charge in [0, 0.05) is 30.7 Å². The van der Waals surface area contributed by atoms with E-state index in [1.807, 2.05) is 6.92 Å². The fraction of sp³-hybridized carbons (Fsp3) is 0.545. The van der Waals surface area contributed by atoms with Crippen LogP contribution in [-0.2, 0) is 14.8 Å². The molecule has 1 atom stereocenters. The molecule has 0 amide bonds. The number of hydrogen-bond acceptors (Lipinski definition) is 6. The largest absolute Gasteiger partial charge is 0.382 e. The second kappa shape index (κ2) is 10.4. The number of aromatic nitrogens is 2. The van der Waals surface area contributed by atoms with Crippen LogP contribution in [0.15, 0.2) is 38.6 Å². The molecule has 0 radical (unpaired) electrons. The summed E-state index contributed by atoms with van der Waals surface area (Å²) in [5.74, 6) is 0.387. The summed E-state index contributed by atoms with van der Waals surface area (Å²) >= 11 is 9.77. The van der Waals surface area contributed by atoms with Crippen LogP contribution in [0, 0.1) is 12.8 Å². The van der Waals surface area contributed by atoms with Crippen molar-refractivity contribution in [2.24, 2.45) is 5.92 Å². The van der Waals surface area contributed by atoms with Crippen molar-refractivity contribution in [3.05, 3.63) is 49.8 Å². The number of halogens is 2. The Labute approximate surface area is 207 Å². The molecule has 1 aromatic carbocycles. The van der Waals surface area contributed by atoms with Crippen molar-refractivity contribution in [1.82, 2.24) is 14.1 Å². The van der Waals surface area contributed by atoms with Gasteiger partial charge in [0.2, 0.25) is 10.0 Å². The van der Waals surface area contributed by atoms with Crippen LogP contribution in [0.3, 0.4) is 0 Å². The Hall–Kier alpha value is -1.46. The van der Waals surface area contributed by atoms with Gasteiger partial charge in [0.1, 0.15) is 5.02 Å². The fourth-order valence-corrected chi connectivity index (χ4v) is 6.31. The molecule has 2 aliphatic rings. The second-order valence-corrected chi connectivity index (χ2v) is 11.8. The topological polar surface area (TPSA) is 93.5 Å². The molecule has 0 spiro atoms. The number of benzene rings is 1. The van der Waals surface area contributed by atoms with E-state index in [-0.39, 0.29) is 21.5 Å². The van der Waals surface area contributed by atoms with Crippen LogP contribution in [0.5, 0.6) is 0 Å². The molecule has 0 bridgehead atoms. The maximum Gasteiger partial charge on any atom is 0.287 e. The molecule has 1 N–H and O–H groups in total. The van der Waals surface area contributed by atoms with Gasteiger partial charge in [-0.2, -0.15) is 9.40 Å². The number of anilines is 1. The predicted octanol–water partition coefficient (Wildman–Crippen LogP) is 3.83. The van der Waals surface area contributed by atoms with Crippen LogP contribution in [-0.4, -0.2) is 55.4 Å². The first-order valence-corrected chi connectivity index (χ1v) is 13.7. The van der Waals surface area contributed by atoms with Crippen LogP contribution < -0.4 is 10.9 Å². The molecule has 1 aromatic heterocycles. The molecule has 0 saturated carbocycles. The lowest BCUT2D eigenvalue weighted by Crippen LogP contribution is -2.41. The molecular weight excluding hydrogens is 532 g/mol. The number of aryl methyl sites for hydroxylation is 1. The lowest BCUT2D eigenvalue weighted by Gasteiger charge is -2.31. The molecule has 3 heterocycles. The summed E-state index contributed by atoms with van der Waals surface area (Å²) in [7, 11) is -3.59. The Balaban J connectivity index is 1.41. The molecule has 4 rings (SSSR count). The summed E-state index contributed by atoms with van der Waals surface area (Å²) in [5.41, 5.74) is 1.03. The van der Waals surface area contributed by atoms with Gasteiger partial charge in [-0.1, -0.05) is 27.5 Å². The number of piperidine rings is 1. The molecule has 2 fully saturated rings. The van der Waals surface area contributed by atoms with Gasteiger partial charge in [-0.05, 0) is 62.3 Å². The Morgan fingerprint density at radius 1 is 1.27 bits per heavy atom. The molecule has 33 heavy (non-hydrogen) atoms. The Kier molecular flexibility index (Phi) is 7.80. The van der Waals surface area contributed by atoms with E-state index >= 15 is 0 Å². The minimum Gasteiger partial charge on any atom is -0.382 e. The molecule has 11 heteroatoms. The zero-order chi connectivity index (χ0) is 23.6. The highest BCUT2D eigenvalue weighted by Gasteiger charge is 2.31. The molecule has 8 nitrogen and oxygen atoms in total. The molecule has 0 aliphatic carbocycles. The highest BCUT2D eigenvalue weighted by atomic mass is 79.9. The van der Waals surface area contributed by atoms with Crippen molar-refractivity contribution >= 4 is 43.2 Å². The second-order valence-electron chi connectivity index (χ2n) is 8.63. The van der Waals surface area contributed by atoms with Crippen LogP contribution in [0.4, 0.5) is 5.69 Å². The highest BCUT2D eigenvalue weighted by Crippen LogP contribution is 2.28. The van der Waals surface area contributed by atoms with Crippen molar-refractivity contribution in [2.75, 3.05) is 38.2 Å². The Morgan fingerprint density at radius 2 is 2.03 bits per heavy atom. The van der Waals surface area contributed by atoms with E-state index in [4.69, 9.17) is 16.3 Å². The zero-order valence-electron chi connectivity index (χ0n) is 18.5. The minimum atomic E-state index is -3.59. The van der Waals surface area contributed by atoms with E-state index in [1.165, 1.54) is 8.99 Å². The first kappa shape index (κ1) is 24.7. The average Bonchev–Trinajstić information content (AvgIpc) is 2.82. The van der Waals surface area contributed by atoms with Gasteiger partial charge in [-0.25, -0.2) is 13.1 Å². The van der Waals surface area contributed by atoms with Crippen molar-refractivity contribution in [1.29, 1.82) is 0 Å². The maximum absolute atomic E-state index is 13.1. The number of sulfonamides is 1. The number of hydrogen-bond donors (Lipinski definition) is 1. The van der Waals surface area contributed by atoms with Gasteiger partial charge in [-0.3, -0.25) is 4.79 Å². The number of nitrogens with zero attached hydrogens (tertiary/aromatic N) is 3. The summed E-state index contributed by atoms with van der Waals surface area (Å²) < 4.78 is 35.3. The van der Waals surface area contributed by atoms with Crippen molar-refractivity contribution < 1.29 is 13.2 Å². The van der Waals surface area contributed by atoms with Crippen molar-refractivity contribution in [3.8, 4) is 0 Å². The smallest absolute Gasteiger partial charge is 0.287 e. The normalized spacial score (nSPS) is 20.6. The van der Waals surface area contributed by atoms with E-state index < -0.39 is 10.0 Å². The van der Waals surface area contributed by atoms with Gasteiger partial charge >= 0.3 is 0 Å². The van der Waals surface area contributed by atoms with Crippen LogP contribution in [0.2, 0.25) is 5.02 Å². The third kappa shape index (κ3) is 5.45. The van der Waals surface area contributed by atoms with Gasteiger partial charge in [-0.15, -0.1) is 0 Å². The number of rotatable bonds is 6. The van der Waals surface area contributed by atoms with Crippen LogP contribution in [0.1, 0.15) is 37.3 Å². The number of ether oxygens (including phenoxy) is 1. The quantitative estimate of drug-likeness (QED) is 0.578. The van der Waals surface area contributed by atoms with Crippen LogP contribution in [0.25, 0.3) is 0 Å². The number of nitrogens with one attached hydrogen (secondary N) is 1. The highest BCUT2D eigenvalue weighted by molar-refractivity contribution is 9.10. The molecular formula is C22H28BrClN4O4S. The van der Waals surface area contributed by atoms with Gasteiger partial charge in [0.25, 0.3) is 5.56 Å². The SMILES string of the molecule is Cc1cc(S(=O)(=O)N2CCC(n3ncc(NCC4CCCOC4)c(Cl)c3=O)CC2)ccc1Br. The van der Waals surface area contributed by atoms with E-state index in [9.17, 15) is 13.2 Å². The van der Waals surface area contributed by atoms with Gasteiger partial charge < -0.3 is 10.1 Å². The average molecular weight is 560 g/mol. The molecule has 2 aromatic rings. The summed E-state index contributed by atoms with van der Waals surface area (Å²) in [6.07, 6.45) is 4.68.